The van der Waals surface area contributed by atoms with Gasteiger partial charge in [-0.15, -0.1) is 0 Å². The van der Waals surface area contributed by atoms with Crippen molar-refractivity contribution in [2.75, 3.05) is 0 Å². The molecule has 0 saturated heterocycles. The zero-order valence-electron chi connectivity index (χ0n) is 8.40. The van der Waals surface area contributed by atoms with E-state index < -0.39 is 0 Å². The summed E-state index contributed by atoms with van der Waals surface area (Å²) in [5.41, 5.74) is 2.53. The fraction of sp³-hybridized carbons (Fsp3) is 0.143. The first-order valence-electron chi connectivity index (χ1n) is 5.25. The molecule has 3 rings (SSSR count). The van der Waals surface area contributed by atoms with E-state index in [0.717, 1.165) is 12.8 Å². The third-order valence-electron chi connectivity index (χ3n) is 3.02. The molecule has 0 heterocycles. The normalized spacial score (nSPS) is 14.8. The van der Waals surface area contributed by atoms with E-state index in [9.17, 15) is 5.11 Å². The summed E-state index contributed by atoms with van der Waals surface area (Å²) >= 11 is 0. The van der Waals surface area contributed by atoms with Gasteiger partial charge in [0.05, 0.1) is 5.76 Å². The molecule has 15 heavy (non-hydrogen) atoms. The number of aryl methyl sites for hydroxylation is 1. The maximum atomic E-state index is 9.58. The highest BCUT2D eigenvalue weighted by Crippen LogP contribution is 2.29. The molecular weight excluding hydrogens is 184 g/mol. The lowest BCUT2D eigenvalue weighted by atomic mass is 9.91. The third-order valence-corrected chi connectivity index (χ3v) is 3.02. The predicted octanol–water partition coefficient (Wildman–Crippen LogP) is 3.68. The van der Waals surface area contributed by atoms with E-state index in [4.69, 9.17) is 0 Å². The molecule has 0 aliphatic heterocycles. The van der Waals surface area contributed by atoms with E-state index in [2.05, 4.69) is 24.3 Å². The molecule has 0 spiro atoms. The zero-order chi connectivity index (χ0) is 10.3. The van der Waals surface area contributed by atoms with Crippen LogP contribution in [0, 0.1) is 0 Å². The van der Waals surface area contributed by atoms with E-state index in [0.29, 0.717) is 5.76 Å². The third kappa shape index (κ3) is 1.32. The van der Waals surface area contributed by atoms with Gasteiger partial charge >= 0.3 is 0 Å². The molecule has 0 radical (unpaired) electrons. The van der Waals surface area contributed by atoms with Crippen molar-refractivity contribution in [3.05, 3.63) is 53.3 Å². The van der Waals surface area contributed by atoms with Gasteiger partial charge in [0.2, 0.25) is 0 Å². The Kier molecular flexibility index (Phi) is 1.78. The Balaban J connectivity index is 2.39. The Morgan fingerprint density at radius 1 is 0.933 bits per heavy atom. The van der Waals surface area contributed by atoms with Crippen molar-refractivity contribution in [2.45, 2.75) is 12.8 Å². The van der Waals surface area contributed by atoms with E-state index in [-0.39, 0.29) is 0 Å². The van der Waals surface area contributed by atoms with Crippen LogP contribution in [0.15, 0.2) is 42.2 Å². The maximum absolute atomic E-state index is 9.58. The van der Waals surface area contributed by atoms with Crippen molar-refractivity contribution in [3.8, 4) is 0 Å². The molecular formula is C14H12O. The van der Waals surface area contributed by atoms with Gasteiger partial charge in [0.15, 0.2) is 0 Å². The lowest BCUT2D eigenvalue weighted by molar-refractivity contribution is 0.391. The SMILES string of the molecule is OC1=Cc2c(ccc3ccccc23)CC1. The van der Waals surface area contributed by atoms with Crippen LogP contribution < -0.4 is 0 Å². The molecule has 1 aliphatic carbocycles. The van der Waals surface area contributed by atoms with Crippen LogP contribution in [0.1, 0.15) is 17.5 Å². The Labute approximate surface area is 88.7 Å². The van der Waals surface area contributed by atoms with Crippen molar-refractivity contribution < 1.29 is 5.11 Å². The van der Waals surface area contributed by atoms with Gasteiger partial charge < -0.3 is 5.11 Å². The summed E-state index contributed by atoms with van der Waals surface area (Å²) in [5.74, 6) is 0.499. The zero-order valence-corrected chi connectivity index (χ0v) is 8.40. The van der Waals surface area contributed by atoms with E-state index in [1.54, 1.807) is 0 Å². The molecule has 2 aromatic rings. The first-order valence-corrected chi connectivity index (χ1v) is 5.25. The second-order valence-electron chi connectivity index (χ2n) is 4.00. The van der Waals surface area contributed by atoms with Crippen molar-refractivity contribution in [3.63, 3.8) is 0 Å². The monoisotopic (exact) mass is 196 g/mol. The molecule has 1 nitrogen and oxygen atoms in total. The number of fused-ring (bicyclic) bond motifs is 3. The molecule has 1 heteroatoms. The number of allylic oxidation sites excluding steroid dienone is 1. The van der Waals surface area contributed by atoms with Gasteiger partial charge in [-0.25, -0.2) is 0 Å². The van der Waals surface area contributed by atoms with Crippen LogP contribution in [0.3, 0.4) is 0 Å². The van der Waals surface area contributed by atoms with E-state index in [1.807, 2.05) is 18.2 Å². The van der Waals surface area contributed by atoms with Crippen molar-refractivity contribution in [1.29, 1.82) is 0 Å². The summed E-state index contributed by atoms with van der Waals surface area (Å²) in [6, 6.07) is 12.6. The number of hydrogen-bond donors (Lipinski definition) is 1. The highest BCUT2D eigenvalue weighted by atomic mass is 16.3. The molecule has 0 amide bonds. The van der Waals surface area contributed by atoms with E-state index >= 15 is 0 Å². The second kappa shape index (κ2) is 3.13. The minimum atomic E-state index is 0.499. The molecule has 1 aliphatic rings. The van der Waals surface area contributed by atoms with E-state index in [1.165, 1.54) is 21.9 Å². The number of aliphatic hydroxyl groups excluding tert-OH is 1. The summed E-state index contributed by atoms with van der Waals surface area (Å²) in [6.45, 7) is 0. The van der Waals surface area contributed by atoms with Gasteiger partial charge in [-0.05, 0) is 34.4 Å². The molecule has 2 aromatic carbocycles. The fourth-order valence-corrected chi connectivity index (χ4v) is 2.23. The predicted molar refractivity (Wildman–Crippen MR) is 62.9 cm³/mol. The van der Waals surface area contributed by atoms with Crippen LogP contribution in [0.4, 0.5) is 0 Å². The van der Waals surface area contributed by atoms with Gasteiger partial charge in [0.25, 0.3) is 0 Å². The Bertz CT molecular complexity index is 552. The standard InChI is InChI=1S/C14H12O/c15-12-8-7-11-6-5-10-3-1-2-4-13(10)14(11)9-12/h1-6,9,15H,7-8H2. The van der Waals surface area contributed by atoms with Crippen LogP contribution >= 0.6 is 0 Å². The summed E-state index contributed by atoms with van der Waals surface area (Å²) in [4.78, 5) is 0. The molecule has 0 fully saturated rings. The minimum absolute atomic E-state index is 0.499. The molecule has 1 N–H and O–H groups in total. The Morgan fingerprint density at radius 3 is 2.73 bits per heavy atom. The van der Waals surface area contributed by atoms with Crippen LogP contribution in [-0.2, 0) is 6.42 Å². The van der Waals surface area contributed by atoms with Gasteiger partial charge in [-0.2, -0.15) is 0 Å². The Morgan fingerprint density at radius 2 is 1.80 bits per heavy atom. The number of aliphatic hydroxyl groups is 1. The van der Waals surface area contributed by atoms with Crippen molar-refractivity contribution >= 4 is 16.8 Å². The quantitative estimate of drug-likeness (QED) is 0.681. The van der Waals surface area contributed by atoms with Gasteiger partial charge in [0.1, 0.15) is 0 Å². The van der Waals surface area contributed by atoms with Crippen LogP contribution in [-0.4, -0.2) is 5.11 Å². The first kappa shape index (κ1) is 8.54. The first-order chi connectivity index (χ1) is 7.34. The topological polar surface area (TPSA) is 20.2 Å². The lowest BCUT2D eigenvalue weighted by Crippen LogP contribution is -1.99. The number of benzene rings is 2. The summed E-state index contributed by atoms with van der Waals surface area (Å²) in [6.07, 6.45) is 3.62. The van der Waals surface area contributed by atoms with Gasteiger partial charge in [-0.1, -0.05) is 36.4 Å². The minimum Gasteiger partial charge on any atom is -0.512 e. The molecule has 0 unspecified atom stereocenters. The lowest BCUT2D eigenvalue weighted by Gasteiger charge is -2.15. The highest BCUT2D eigenvalue weighted by molar-refractivity contribution is 5.92. The number of rotatable bonds is 0. The molecule has 0 atom stereocenters. The van der Waals surface area contributed by atoms with Crippen molar-refractivity contribution in [2.24, 2.45) is 0 Å². The second-order valence-corrected chi connectivity index (χ2v) is 4.00. The fourth-order valence-electron chi connectivity index (χ4n) is 2.23. The molecule has 74 valence electrons. The van der Waals surface area contributed by atoms with Crippen LogP contribution in [0.2, 0.25) is 0 Å². The largest absolute Gasteiger partial charge is 0.512 e. The van der Waals surface area contributed by atoms with Gasteiger partial charge in [-0.3, -0.25) is 0 Å². The molecule has 0 aromatic heterocycles. The summed E-state index contributed by atoms with van der Waals surface area (Å²) in [7, 11) is 0. The number of hydrogen-bond acceptors (Lipinski definition) is 1. The molecule has 0 saturated carbocycles. The average Bonchev–Trinajstić information content (AvgIpc) is 2.29. The maximum Gasteiger partial charge on any atom is 0.0932 e. The summed E-state index contributed by atoms with van der Waals surface area (Å²) < 4.78 is 0. The molecule has 0 bridgehead atoms. The van der Waals surface area contributed by atoms with Crippen LogP contribution in [0.5, 0.6) is 0 Å². The average molecular weight is 196 g/mol. The van der Waals surface area contributed by atoms with Crippen LogP contribution in [0.25, 0.3) is 16.8 Å². The highest BCUT2D eigenvalue weighted by Gasteiger charge is 2.11. The summed E-state index contributed by atoms with van der Waals surface area (Å²) in [5, 5.41) is 12.1. The Hall–Kier alpha value is -1.76. The van der Waals surface area contributed by atoms with Gasteiger partial charge in [0, 0.05) is 6.42 Å². The van der Waals surface area contributed by atoms with Crippen molar-refractivity contribution in [1.82, 2.24) is 0 Å². The smallest absolute Gasteiger partial charge is 0.0932 e.